The number of ether oxygens (including phenoxy) is 3. The molecule has 0 unspecified atom stereocenters. The Kier molecular flexibility index (Phi) is 2.09. The van der Waals surface area contributed by atoms with E-state index in [0.717, 1.165) is 4.47 Å². The Balaban J connectivity index is 2.22. The third kappa shape index (κ3) is 1.27. The van der Waals surface area contributed by atoms with Crippen LogP contribution in [0.5, 0.6) is 5.75 Å². The molecule has 6 heteroatoms. The summed E-state index contributed by atoms with van der Waals surface area (Å²) in [6, 6.07) is 3.53. The second-order valence-electron chi connectivity index (χ2n) is 3.61. The summed E-state index contributed by atoms with van der Waals surface area (Å²) < 4.78 is 16.6. The Morgan fingerprint density at radius 3 is 2.71 bits per heavy atom. The van der Waals surface area contributed by atoms with Crippen molar-refractivity contribution < 1.29 is 19.0 Å². The predicted molar refractivity (Wildman–Crippen MR) is 62.3 cm³/mol. The molecule has 1 aromatic rings. The van der Waals surface area contributed by atoms with Gasteiger partial charge in [-0.15, -0.1) is 0 Å². The number of benzene rings is 1. The Morgan fingerprint density at radius 1 is 1.35 bits per heavy atom. The summed E-state index contributed by atoms with van der Waals surface area (Å²) in [5, 5.41) is 2.70. The van der Waals surface area contributed by atoms with Crippen LogP contribution in [0.2, 0.25) is 0 Å². The lowest BCUT2D eigenvalue weighted by Crippen LogP contribution is -2.35. The first-order valence-electron chi connectivity index (χ1n) is 4.87. The molecular weight excluding hydrogens is 290 g/mol. The molecule has 3 rings (SSSR count). The van der Waals surface area contributed by atoms with Crippen molar-refractivity contribution >= 4 is 27.5 Å². The van der Waals surface area contributed by atoms with Gasteiger partial charge in [-0.2, -0.15) is 0 Å². The number of fused-ring (bicyclic) bond motifs is 2. The zero-order valence-electron chi connectivity index (χ0n) is 8.82. The van der Waals surface area contributed by atoms with E-state index >= 15 is 0 Å². The number of nitrogens with one attached hydrogen (secondary N) is 1. The van der Waals surface area contributed by atoms with E-state index in [1.165, 1.54) is 19.6 Å². The van der Waals surface area contributed by atoms with Crippen molar-refractivity contribution in [3.63, 3.8) is 0 Å². The van der Waals surface area contributed by atoms with Crippen LogP contribution in [-0.2, 0) is 20.1 Å². The van der Waals surface area contributed by atoms with E-state index in [2.05, 4.69) is 21.2 Å². The largest absolute Gasteiger partial charge is 0.495 e. The maximum atomic E-state index is 12.0. The van der Waals surface area contributed by atoms with Crippen LogP contribution >= 0.6 is 15.9 Å². The highest BCUT2D eigenvalue weighted by atomic mass is 79.9. The fourth-order valence-electron chi connectivity index (χ4n) is 1.96. The normalized spacial score (nSPS) is 18.6. The smallest absolute Gasteiger partial charge is 0.361 e. The average Bonchev–Trinajstić information content (AvgIpc) is 2.89. The van der Waals surface area contributed by atoms with E-state index in [1.807, 2.05) is 0 Å². The minimum atomic E-state index is -1.41. The minimum Gasteiger partial charge on any atom is -0.495 e. The number of carbonyl (C=O) groups excluding carboxylic acids is 1. The van der Waals surface area contributed by atoms with Crippen molar-refractivity contribution in [3.05, 3.63) is 34.7 Å². The van der Waals surface area contributed by atoms with Crippen LogP contribution < -0.4 is 10.1 Å². The van der Waals surface area contributed by atoms with E-state index in [0.29, 0.717) is 17.0 Å². The number of halogens is 1. The number of rotatable bonds is 1. The quantitative estimate of drug-likeness (QED) is 0.862. The third-order valence-electron chi connectivity index (χ3n) is 2.70. The van der Waals surface area contributed by atoms with Crippen molar-refractivity contribution in [1.82, 2.24) is 0 Å². The predicted octanol–water partition coefficient (Wildman–Crippen LogP) is 2.08. The van der Waals surface area contributed by atoms with E-state index in [1.54, 1.807) is 12.1 Å². The SMILES string of the molecule is COc1cc(Br)cc2c1NC(=O)C21OC=CO1. The number of hydrogen-bond acceptors (Lipinski definition) is 4. The van der Waals surface area contributed by atoms with Crippen molar-refractivity contribution in [2.24, 2.45) is 0 Å². The van der Waals surface area contributed by atoms with Gasteiger partial charge >= 0.3 is 11.7 Å². The van der Waals surface area contributed by atoms with Gasteiger partial charge < -0.3 is 19.5 Å². The molecule has 0 saturated carbocycles. The van der Waals surface area contributed by atoms with Crippen LogP contribution in [0.3, 0.4) is 0 Å². The molecule has 88 valence electrons. The Bertz CT molecular complexity index is 533. The van der Waals surface area contributed by atoms with E-state index in [4.69, 9.17) is 14.2 Å². The molecule has 0 atom stereocenters. The zero-order valence-corrected chi connectivity index (χ0v) is 10.4. The lowest BCUT2D eigenvalue weighted by molar-refractivity contribution is -0.171. The van der Waals surface area contributed by atoms with E-state index < -0.39 is 5.79 Å². The maximum Gasteiger partial charge on any atom is 0.361 e. The first-order valence-corrected chi connectivity index (χ1v) is 5.67. The topological polar surface area (TPSA) is 56.8 Å². The summed E-state index contributed by atoms with van der Waals surface area (Å²) in [6.45, 7) is 0. The monoisotopic (exact) mass is 297 g/mol. The van der Waals surface area contributed by atoms with Crippen molar-refractivity contribution in [3.8, 4) is 5.75 Å². The van der Waals surface area contributed by atoms with Crippen LogP contribution in [0, 0.1) is 0 Å². The molecule has 1 aromatic carbocycles. The number of carbonyl (C=O) groups is 1. The highest BCUT2D eigenvalue weighted by Crippen LogP contribution is 2.47. The molecule has 0 radical (unpaired) electrons. The van der Waals surface area contributed by atoms with Gasteiger partial charge in [0.1, 0.15) is 18.3 Å². The molecular formula is C11H8BrNO4. The van der Waals surface area contributed by atoms with Gasteiger partial charge in [-0.25, -0.2) is 0 Å². The summed E-state index contributed by atoms with van der Waals surface area (Å²) in [5.74, 6) is -1.22. The first kappa shape index (κ1) is 10.5. The number of hydrogen-bond donors (Lipinski definition) is 1. The maximum absolute atomic E-state index is 12.0. The summed E-state index contributed by atoms with van der Waals surface area (Å²) in [5.41, 5.74) is 1.17. The molecule has 17 heavy (non-hydrogen) atoms. The van der Waals surface area contributed by atoms with Gasteiger partial charge in [0, 0.05) is 4.47 Å². The fraction of sp³-hybridized carbons (Fsp3) is 0.182. The lowest BCUT2D eigenvalue weighted by Gasteiger charge is -2.20. The van der Waals surface area contributed by atoms with Crippen LogP contribution in [0.4, 0.5) is 5.69 Å². The molecule has 0 bridgehead atoms. The van der Waals surface area contributed by atoms with Gasteiger partial charge in [-0.05, 0) is 12.1 Å². The minimum absolute atomic E-state index is 0.367. The van der Waals surface area contributed by atoms with Crippen molar-refractivity contribution in [1.29, 1.82) is 0 Å². The van der Waals surface area contributed by atoms with Gasteiger partial charge in [0.05, 0.1) is 18.4 Å². The summed E-state index contributed by atoms with van der Waals surface area (Å²) in [6.07, 6.45) is 2.70. The molecule has 1 N–H and O–H groups in total. The van der Waals surface area contributed by atoms with E-state index in [-0.39, 0.29) is 5.91 Å². The van der Waals surface area contributed by atoms with Crippen LogP contribution in [0.25, 0.3) is 0 Å². The highest BCUT2D eigenvalue weighted by Gasteiger charge is 2.54. The number of methoxy groups -OCH3 is 1. The second-order valence-corrected chi connectivity index (χ2v) is 4.52. The molecule has 1 amide bonds. The van der Waals surface area contributed by atoms with Crippen LogP contribution in [-0.4, -0.2) is 13.0 Å². The van der Waals surface area contributed by atoms with Crippen LogP contribution in [0.1, 0.15) is 5.56 Å². The van der Waals surface area contributed by atoms with Crippen molar-refractivity contribution in [2.75, 3.05) is 12.4 Å². The number of anilines is 1. The Labute approximate surface area is 105 Å². The average molecular weight is 298 g/mol. The van der Waals surface area contributed by atoms with Gasteiger partial charge in [-0.3, -0.25) is 4.79 Å². The summed E-state index contributed by atoms with van der Waals surface area (Å²) >= 11 is 3.36. The second kappa shape index (κ2) is 3.40. The molecule has 0 saturated heterocycles. The molecule has 1 spiro atoms. The van der Waals surface area contributed by atoms with Crippen LogP contribution in [0.15, 0.2) is 29.1 Å². The highest BCUT2D eigenvalue weighted by molar-refractivity contribution is 9.10. The molecule has 2 aliphatic rings. The molecule has 2 aliphatic heterocycles. The third-order valence-corrected chi connectivity index (χ3v) is 3.16. The molecule has 0 aliphatic carbocycles. The van der Waals surface area contributed by atoms with Gasteiger partial charge in [-0.1, -0.05) is 15.9 Å². The van der Waals surface area contributed by atoms with Gasteiger partial charge in [0.15, 0.2) is 0 Å². The molecule has 2 heterocycles. The molecule has 0 aromatic heterocycles. The first-order chi connectivity index (χ1) is 8.17. The van der Waals surface area contributed by atoms with Gasteiger partial charge in [0.25, 0.3) is 0 Å². The van der Waals surface area contributed by atoms with Crippen molar-refractivity contribution in [2.45, 2.75) is 5.79 Å². The standard InChI is InChI=1S/C11H8BrNO4/c1-15-8-5-6(12)4-7-9(8)13-10(14)11(7)16-2-3-17-11/h2-5H,1H3,(H,13,14). The summed E-state index contributed by atoms with van der Waals surface area (Å²) in [4.78, 5) is 12.0. The van der Waals surface area contributed by atoms with Gasteiger partial charge in [0.2, 0.25) is 0 Å². The summed E-state index contributed by atoms with van der Waals surface area (Å²) in [7, 11) is 1.54. The molecule has 5 nitrogen and oxygen atoms in total. The number of amides is 1. The Hall–Kier alpha value is -1.69. The lowest BCUT2D eigenvalue weighted by atomic mass is 10.1. The Morgan fingerprint density at radius 2 is 2.06 bits per heavy atom. The molecule has 0 fully saturated rings. The zero-order chi connectivity index (χ0) is 12.0. The fourth-order valence-corrected chi connectivity index (χ4v) is 2.40. The van der Waals surface area contributed by atoms with E-state index in [9.17, 15) is 4.79 Å².